The molecule has 3 fully saturated rings. The van der Waals surface area contributed by atoms with Crippen molar-refractivity contribution in [2.75, 3.05) is 26.7 Å². The summed E-state index contributed by atoms with van der Waals surface area (Å²) in [5, 5.41) is 7.39. The van der Waals surface area contributed by atoms with Crippen LogP contribution in [0.2, 0.25) is 0 Å². The van der Waals surface area contributed by atoms with Gasteiger partial charge in [-0.25, -0.2) is 0 Å². The maximum absolute atomic E-state index is 4.54. The second-order valence-corrected chi connectivity index (χ2v) is 9.09. The molecule has 2 N–H and O–H groups in total. The summed E-state index contributed by atoms with van der Waals surface area (Å²) in [4.78, 5) is 9.91. The van der Waals surface area contributed by atoms with Crippen molar-refractivity contribution in [3.8, 4) is 0 Å². The number of guanidine groups is 1. The smallest absolute Gasteiger partial charge is 0.191 e. The van der Waals surface area contributed by atoms with Crippen LogP contribution in [0, 0.1) is 0 Å². The van der Waals surface area contributed by atoms with Crippen molar-refractivity contribution in [3.05, 3.63) is 35.9 Å². The van der Waals surface area contributed by atoms with Crippen molar-refractivity contribution in [2.24, 2.45) is 4.99 Å². The van der Waals surface area contributed by atoms with Gasteiger partial charge in [-0.15, -0.1) is 0 Å². The Balaban J connectivity index is 1.27. The molecule has 3 atom stereocenters. The zero-order valence-electron chi connectivity index (χ0n) is 18.3. The van der Waals surface area contributed by atoms with Gasteiger partial charge in [0.2, 0.25) is 0 Å². The highest BCUT2D eigenvalue weighted by Gasteiger charge is 2.40. The molecule has 3 aliphatic rings. The van der Waals surface area contributed by atoms with E-state index in [9.17, 15) is 0 Å². The van der Waals surface area contributed by atoms with Crippen molar-refractivity contribution in [1.82, 2.24) is 20.4 Å². The van der Waals surface area contributed by atoms with Crippen LogP contribution in [0.15, 0.2) is 35.3 Å². The number of benzene rings is 1. The third-order valence-electron chi connectivity index (χ3n) is 7.32. The van der Waals surface area contributed by atoms with E-state index in [1.807, 2.05) is 7.05 Å². The van der Waals surface area contributed by atoms with E-state index in [0.717, 1.165) is 25.6 Å². The normalized spacial score (nSPS) is 31.0. The SMILES string of the molecule is CCN1CCCCC1CNC(=NC)NC1CC2CCC(C1)N2Cc1ccccc1. The number of nitrogens with one attached hydrogen (secondary N) is 2. The fraction of sp³-hybridized carbons (Fsp3) is 0.708. The number of piperidine rings is 2. The van der Waals surface area contributed by atoms with Gasteiger partial charge in [0.25, 0.3) is 0 Å². The summed E-state index contributed by atoms with van der Waals surface area (Å²) >= 11 is 0. The van der Waals surface area contributed by atoms with E-state index in [0.29, 0.717) is 24.2 Å². The van der Waals surface area contributed by atoms with Gasteiger partial charge in [0.15, 0.2) is 5.96 Å². The Morgan fingerprint density at radius 2 is 1.83 bits per heavy atom. The number of likely N-dealkylation sites (N-methyl/N-ethyl adjacent to an activating group) is 1. The van der Waals surface area contributed by atoms with E-state index >= 15 is 0 Å². The average Bonchev–Trinajstić information content (AvgIpc) is 2.99. The van der Waals surface area contributed by atoms with Crippen molar-refractivity contribution in [3.63, 3.8) is 0 Å². The predicted octanol–water partition coefficient (Wildman–Crippen LogP) is 3.22. The zero-order valence-corrected chi connectivity index (χ0v) is 18.3. The van der Waals surface area contributed by atoms with Crippen molar-refractivity contribution < 1.29 is 0 Å². The number of hydrogen-bond donors (Lipinski definition) is 2. The van der Waals surface area contributed by atoms with Gasteiger partial charge in [-0.05, 0) is 57.2 Å². The molecule has 3 heterocycles. The van der Waals surface area contributed by atoms with Crippen LogP contribution in [-0.2, 0) is 6.54 Å². The lowest BCUT2D eigenvalue weighted by molar-refractivity contribution is 0.114. The highest BCUT2D eigenvalue weighted by Crippen LogP contribution is 2.36. The van der Waals surface area contributed by atoms with Crippen LogP contribution >= 0.6 is 0 Å². The Labute approximate surface area is 176 Å². The van der Waals surface area contributed by atoms with E-state index in [4.69, 9.17) is 0 Å². The van der Waals surface area contributed by atoms with Gasteiger partial charge in [-0.2, -0.15) is 0 Å². The lowest BCUT2D eigenvalue weighted by atomic mass is 9.96. The zero-order chi connectivity index (χ0) is 20.1. The molecule has 160 valence electrons. The third-order valence-corrected chi connectivity index (χ3v) is 7.32. The van der Waals surface area contributed by atoms with Gasteiger partial charge in [0.05, 0.1) is 0 Å². The van der Waals surface area contributed by atoms with Gasteiger partial charge in [0.1, 0.15) is 0 Å². The first-order valence-electron chi connectivity index (χ1n) is 11.8. The van der Waals surface area contributed by atoms with Crippen LogP contribution in [0.3, 0.4) is 0 Å². The summed E-state index contributed by atoms with van der Waals surface area (Å²) < 4.78 is 0. The summed E-state index contributed by atoms with van der Waals surface area (Å²) in [6.45, 7) is 6.79. The van der Waals surface area contributed by atoms with Crippen LogP contribution in [-0.4, -0.2) is 66.6 Å². The van der Waals surface area contributed by atoms with Crippen LogP contribution < -0.4 is 10.6 Å². The van der Waals surface area contributed by atoms with Crippen molar-refractivity contribution >= 4 is 5.96 Å². The molecule has 4 rings (SSSR count). The fourth-order valence-corrected chi connectivity index (χ4v) is 5.75. The molecule has 5 heteroatoms. The first kappa shape index (κ1) is 20.7. The monoisotopic (exact) mass is 397 g/mol. The van der Waals surface area contributed by atoms with E-state index in [2.05, 4.69) is 62.7 Å². The van der Waals surface area contributed by atoms with E-state index in [-0.39, 0.29) is 0 Å². The molecule has 0 amide bonds. The highest BCUT2D eigenvalue weighted by atomic mass is 15.3. The van der Waals surface area contributed by atoms with Gasteiger partial charge in [0, 0.05) is 44.3 Å². The first-order valence-corrected chi connectivity index (χ1v) is 11.8. The molecule has 0 spiro atoms. The minimum atomic E-state index is 0.541. The van der Waals surface area contributed by atoms with Crippen LogP contribution in [0.25, 0.3) is 0 Å². The first-order chi connectivity index (χ1) is 14.3. The Hall–Kier alpha value is -1.59. The van der Waals surface area contributed by atoms with Gasteiger partial charge < -0.3 is 10.6 Å². The average molecular weight is 398 g/mol. The molecule has 1 aromatic rings. The molecule has 0 radical (unpaired) electrons. The van der Waals surface area contributed by atoms with Gasteiger partial charge in [-0.1, -0.05) is 43.7 Å². The Morgan fingerprint density at radius 3 is 2.52 bits per heavy atom. The summed E-state index contributed by atoms with van der Waals surface area (Å²) in [5.41, 5.74) is 1.45. The maximum Gasteiger partial charge on any atom is 0.191 e. The molecular formula is C24H39N5. The second kappa shape index (κ2) is 9.94. The number of likely N-dealkylation sites (tertiary alicyclic amines) is 1. The Kier molecular flexibility index (Phi) is 7.09. The molecule has 0 saturated carbocycles. The summed E-state index contributed by atoms with van der Waals surface area (Å²) in [6.07, 6.45) is 9.16. The Morgan fingerprint density at radius 1 is 1.07 bits per heavy atom. The van der Waals surface area contributed by atoms with Gasteiger partial charge >= 0.3 is 0 Å². The standard InChI is InChI=1S/C24H39N5/c1-3-28-14-8-7-11-23(28)17-26-24(25-2)27-20-15-21-12-13-22(16-20)29(21)18-19-9-5-4-6-10-19/h4-6,9-10,20-23H,3,7-8,11-18H2,1-2H3,(H2,25,26,27). The lowest BCUT2D eigenvalue weighted by Crippen LogP contribution is -2.54. The van der Waals surface area contributed by atoms with Crippen LogP contribution in [0.5, 0.6) is 0 Å². The number of rotatable bonds is 6. The third kappa shape index (κ3) is 5.13. The number of fused-ring (bicyclic) bond motifs is 2. The topological polar surface area (TPSA) is 42.9 Å². The molecule has 2 bridgehead atoms. The minimum absolute atomic E-state index is 0.541. The predicted molar refractivity (Wildman–Crippen MR) is 121 cm³/mol. The molecule has 3 aliphatic heterocycles. The van der Waals surface area contributed by atoms with Gasteiger partial charge in [-0.3, -0.25) is 14.8 Å². The molecule has 5 nitrogen and oxygen atoms in total. The van der Waals surface area contributed by atoms with Crippen LogP contribution in [0.4, 0.5) is 0 Å². The molecule has 0 aliphatic carbocycles. The number of nitrogens with zero attached hydrogens (tertiary/aromatic N) is 3. The quantitative estimate of drug-likeness (QED) is 0.571. The number of hydrogen-bond acceptors (Lipinski definition) is 3. The highest BCUT2D eigenvalue weighted by molar-refractivity contribution is 5.80. The molecule has 3 saturated heterocycles. The van der Waals surface area contributed by atoms with Crippen molar-refractivity contribution in [2.45, 2.75) is 82.6 Å². The van der Waals surface area contributed by atoms with Crippen LogP contribution in [0.1, 0.15) is 57.4 Å². The summed E-state index contributed by atoms with van der Waals surface area (Å²) in [6, 6.07) is 13.6. The maximum atomic E-state index is 4.54. The molecular weight excluding hydrogens is 358 g/mol. The van der Waals surface area contributed by atoms with E-state index in [1.54, 1.807) is 0 Å². The number of aliphatic imine (C=N–C) groups is 1. The van der Waals surface area contributed by atoms with E-state index < -0.39 is 0 Å². The van der Waals surface area contributed by atoms with E-state index in [1.165, 1.54) is 57.1 Å². The lowest BCUT2D eigenvalue weighted by Gasteiger charge is -2.40. The largest absolute Gasteiger partial charge is 0.355 e. The Bertz CT molecular complexity index is 646. The molecule has 1 aromatic carbocycles. The molecule has 3 unspecified atom stereocenters. The summed E-state index contributed by atoms with van der Waals surface area (Å²) in [7, 11) is 1.91. The fourth-order valence-electron chi connectivity index (χ4n) is 5.75. The van der Waals surface area contributed by atoms with Crippen molar-refractivity contribution in [1.29, 1.82) is 0 Å². The minimum Gasteiger partial charge on any atom is -0.355 e. The molecule has 29 heavy (non-hydrogen) atoms. The second-order valence-electron chi connectivity index (χ2n) is 9.09. The molecule has 0 aromatic heterocycles. The summed E-state index contributed by atoms with van der Waals surface area (Å²) in [5.74, 6) is 0.993.